The number of rotatable bonds is 4. The Bertz CT molecular complexity index is 202. The number of aliphatic hydroxyl groups is 1. The molecule has 15 heavy (non-hydrogen) atoms. The molecule has 0 aromatic carbocycles. The van der Waals surface area contributed by atoms with Gasteiger partial charge in [-0.05, 0) is 39.3 Å². The Morgan fingerprint density at radius 3 is 2.67 bits per heavy atom. The molecule has 0 amide bonds. The van der Waals surface area contributed by atoms with Crippen molar-refractivity contribution in [1.29, 1.82) is 0 Å². The van der Waals surface area contributed by atoms with Gasteiger partial charge in [-0.25, -0.2) is 0 Å². The van der Waals surface area contributed by atoms with Crippen LogP contribution in [0.1, 0.15) is 38.5 Å². The summed E-state index contributed by atoms with van der Waals surface area (Å²) in [5.41, 5.74) is -0.392. The summed E-state index contributed by atoms with van der Waals surface area (Å²) >= 11 is 0. The fourth-order valence-electron chi connectivity index (χ4n) is 2.92. The van der Waals surface area contributed by atoms with Crippen molar-refractivity contribution in [3.05, 3.63) is 0 Å². The summed E-state index contributed by atoms with van der Waals surface area (Å²) < 4.78 is 0. The number of hydrogen-bond acceptors (Lipinski definition) is 3. The topological polar surface area (TPSA) is 35.5 Å². The minimum atomic E-state index is -0.392. The quantitative estimate of drug-likeness (QED) is 0.729. The van der Waals surface area contributed by atoms with Crippen molar-refractivity contribution < 1.29 is 5.11 Å². The van der Waals surface area contributed by atoms with E-state index in [4.69, 9.17) is 0 Å². The Morgan fingerprint density at radius 1 is 1.33 bits per heavy atom. The molecule has 0 radical (unpaired) electrons. The van der Waals surface area contributed by atoms with Crippen molar-refractivity contribution >= 4 is 0 Å². The van der Waals surface area contributed by atoms with Crippen LogP contribution in [0.5, 0.6) is 0 Å². The smallest absolute Gasteiger partial charge is 0.0771 e. The van der Waals surface area contributed by atoms with Crippen molar-refractivity contribution in [2.75, 3.05) is 26.7 Å². The van der Waals surface area contributed by atoms with Gasteiger partial charge in [-0.2, -0.15) is 0 Å². The molecule has 2 N–H and O–H groups in total. The minimum absolute atomic E-state index is 0.392. The average molecular weight is 212 g/mol. The predicted molar refractivity (Wildman–Crippen MR) is 61.9 cm³/mol. The third kappa shape index (κ3) is 2.92. The van der Waals surface area contributed by atoms with E-state index in [1.54, 1.807) is 0 Å². The van der Waals surface area contributed by atoms with Gasteiger partial charge in [0.25, 0.3) is 0 Å². The van der Waals surface area contributed by atoms with E-state index >= 15 is 0 Å². The van der Waals surface area contributed by atoms with Crippen LogP contribution < -0.4 is 5.32 Å². The molecule has 1 aliphatic heterocycles. The van der Waals surface area contributed by atoms with Crippen LogP contribution in [-0.2, 0) is 0 Å². The lowest BCUT2D eigenvalue weighted by Gasteiger charge is -2.25. The molecule has 3 heteroatoms. The molecule has 88 valence electrons. The normalized spacial score (nSPS) is 31.2. The van der Waals surface area contributed by atoms with Gasteiger partial charge in [0.1, 0.15) is 0 Å². The lowest BCUT2D eigenvalue weighted by molar-refractivity contribution is 0.0465. The molecule has 0 aromatic heterocycles. The van der Waals surface area contributed by atoms with E-state index in [0.717, 1.165) is 25.9 Å². The monoisotopic (exact) mass is 212 g/mol. The number of likely N-dealkylation sites (N-methyl/N-ethyl adjacent to an activating group) is 1. The van der Waals surface area contributed by atoms with E-state index < -0.39 is 5.60 Å². The first kappa shape index (κ1) is 11.4. The van der Waals surface area contributed by atoms with Crippen LogP contribution in [0.15, 0.2) is 0 Å². The maximum Gasteiger partial charge on any atom is 0.0771 e. The Labute approximate surface area is 92.8 Å². The first-order valence-electron chi connectivity index (χ1n) is 6.33. The number of hydrogen-bond donors (Lipinski definition) is 2. The van der Waals surface area contributed by atoms with E-state index in [-0.39, 0.29) is 0 Å². The molecule has 2 aliphatic rings. The van der Waals surface area contributed by atoms with Gasteiger partial charge in [0, 0.05) is 19.1 Å². The Hall–Kier alpha value is -0.120. The molecule has 0 spiro atoms. The molecule has 3 nitrogen and oxygen atoms in total. The van der Waals surface area contributed by atoms with Crippen molar-refractivity contribution in [3.63, 3.8) is 0 Å². The first-order valence-corrected chi connectivity index (χ1v) is 6.33. The fraction of sp³-hybridized carbons (Fsp3) is 1.00. The summed E-state index contributed by atoms with van der Waals surface area (Å²) in [6, 6.07) is 0.690. The molecular formula is C12H24N2O. The molecular weight excluding hydrogens is 188 g/mol. The zero-order valence-corrected chi connectivity index (χ0v) is 9.84. The van der Waals surface area contributed by atoms with Crippen LogP contribution in [0.4, 0.5) is 0 Å². The van der Waals surface area contributed by atoms with Crippen LogP contribution in [0.3, 0.4) is 0 Å². The summed E-state index contributed by atoms with van der Waals surface area (Å²) in [5, 5.41) is 13.6. The zero-order chi connectivity index (χ0) is 10.7. The summed E-state index contributed by atoms with van der Waals surface area (Å²) in [7, 11) is 2.20. The third-order valence-electron chi connectivity index (χ3n) is 4.04. The van der Waals surface area contributed by atoms with Crippen molar-refractivity contribution in [1.82, 2.24) is 10.2 Å². The second kappa shape index (κ2) is 4.81. The van der Waals surface area contributed by atoms with E-state index in [1.165, 1.54) is 32.2 Å². The summed E-state index contributed by atoms with van der Waals surface area (Å²) in [6.45, 7) is 3.06. The number of nitrogens with one attached hydrogen (secondary N) is 1. The second-order valence-corrected chi connectivity index (χ2v) is 5.34. The first-order chi connectivity index (χ1) is 7.20. The molecule has 1 atom stereocenters. The molecule has 1 unspecified atom stereocenters. The summed E-state index contributed by atoms with van der Waals surface area (Å²) in [6.07, 6.45) is 7.00. The molecule has 2 rings (SSSR count). The van der Waals surface area contributed by atoms with Crippen molar-refractivity contribution in [3.8, 4) is 0 Å². The van der Waals surface area contributed by atoms with Gasteiger partial charge in [0.2, 0.25) is 0 Å². The van der Waals surface area contributed by atoms with E-state index in [2.05, 4.69) is 17.3 Å². The van der Waals surface area contributed by atoms with Gasteiger partial charge < -0.3 is 15.3 Å². The summed E-state index contributed by atoms with van der Waals surface area (Å²) in [4.78, 5) is 2.42. The molecule has 0 bridgehead atoms. The maximum absolute atomic E-state index is 10.2. The lowest BCUT2D eigenvalue weighted by atomic mass is 10.0. The van der Waals surface area contributed by atoms with Gasteiger partial charge in [-0.15, -0.1) is 0 Å². The number of likely N-dealkylation sites (tertiary alicyclic amines) is 1. The minimum Gasteiger partial charge on any atom is -0.389 e. The van der Waals surface area contributed by atoms with Gasteiger partial charge in [-0.3, -0.25) is 0 Å². The highest BCUT2D eigenvalue weighted by Gasteiger charge is 2.31. The van der Waals surface area contributed by atoms with Crippen molar-refractivity contribution in [2.24, 2.45) is 0 Å². The second-order valence-electron chi connectivity index (χ2n) is 5.34. The Morgan fingerprint density at radius 2 is 2.07 bits per heavy atom. The largest absolute Gasteiger partial charge is 0.389 e. The van der Waals surface area contributed by atoms with Gasteiger partial charge in [0.15, 0.2) is 0 Å². The molecule has 1 aliphatic carbocycles. The Balaban J connectivity index is 1.65. The SMILES string of the molecule is CN1CCCC1CNCC1(O)CCCC1. The predicted octanol–water partition coefficient (Wildman–Crippen LogP) is 0.975. The van der Waals surface area contributed by atoms with Gasteiger partial charge in [0.05, 0.1) is 5.60 Å². The highest BCUT2D eigenvalue weighted by atomic mass is 16.3. The van der Waals surface area contributed by atoms with E-state index in [9.17, 15) is 5.11 Å². The maximum atomic E-state index is 10.2. The highest BCUT2D eigenvalue weighted by Crippen LogP contribution is 2.28. The van der Waals surface area contributed by atoms with Gasteiger partial charge >= 0.3 is 0 Å². The van der Waals surface area contributed by atoms with Crippen LogP contribution in [0, 0.1) is 0 Å². The van der Waals surface area contributed by atoms with Crippen LogP contribution >= 0.6 is 0 Å². The molecule has 1 saturated carbocycles. The number of nitrogens with zero attached hydrogens (tertiary/aromatic N) is 1. The van der Waals surface area contributed by atoms with Crippen LogP contribution in [0.25, 0.3) is 0 Å². The lowest BCUT2D eigenvalue weighted by Crippen LogP contribution is -2.43. The summed E-state index contributed by atoms with van der Waals surface area (Å²) in [5.74, 6) is 0. The van der Waals surface area contributed by atoms with Crippen LogP contribution in [0.2, 0.25) is 0 Å². The Kier molecular flexibility index (Phi) is 3.65. The van der Waals surface area contributed by atoms with Gasteiger partial charge in [-0.1, -0.05) is 12.8 Å². The third-order valence-corrected chi connectivity index (χ3v) is 4.04. The fourth-order valence-corrected chi connectivity index (χ4v) is 2.92. The highest BCUT2D eigenvalue weighted by molar-refractivity contribution is 4.87. The van der Waals surface area contributed by atoms with Crippen molar-refractivity contribution in [2.45, 2.75) is 50.2 Å². The molecule has 1 saturated heterocycles. The standard InChI is InChI=1S/C12H24N2O/c1-14-8-4-5-11(14)9-13-10-12(15)6-2-3-7-12/h11,13,15H,2-10H2,1H3. The molecule has 0 aromatic rings. The zero-order valence-electron chi connectivity index (χ0n) is 9.84. The molecule has 1 heterocycles. The van der Waals surface area contributed by atoms with Crippen LogP contribution in [-0.4, -0.2) is 48.3 Å². The average Bonchev–Trinajstić information content (AvgIpc) is 2.78. The molecule has 2 fully saturated rings. The van der Waals surface area contributed by atoms with E-state index in [1.807, 2.05) is 0 Å². The van der Waals surface area contributed by atoms with E-state index in [0.29, 0.717) is 6.04 Å².